The van der Waals surface area contributed by atoms with E-state index in [1.807, 2.05) is 47.8 Å². The van der Waals surface area contributed by atoms with Crippen molar-refractivity contribution in [3.63, 3.8) is 0 Å². The van der Waals surface area contributed by atoms with Crippen molar-refractivity contribution >= 4 is 27.3 Å². The number of carbonyl (C=O) groups excluding carboxylic acids is 1. The van der Waals surface area contributed by atoms with E-state index in [9.17, 15) is 17.6 Å². The number of hydrogen-bond donors (Lipinski definition) is 0. The van der Waals surface area contributed by atoms with Gasteiger partial charge in [-0.15, -0.1) is 17.9 Å². The number of nitrogens with zero attached hydrogens (tertiary/aromatic N) is 2. The van der Waals surface area contributed by atoms with Gasteiger partial charge in [0.2, 0.25) is 15.9 Å². The summed E-state index contributed by atoms with van der Waals surface area (Å²) in [7, 11) is -3.99. The van der Waals surface area contributed by atoms with Crippen LogP contribution >= 0.6 is 11.3 Å². The lowest BCUT2D eigenvalue weighted by atomic mass is 10.2. The summed E-state index contributed by atoms with van der Waals surface area (Å²) < 4.78 is 40.4. The summed E-state index contributed by atoms with van der Waals surface area (Å²) in [6.45, 7) is 3.97. The Hall–Kier alpha value is -2.81. The minimum atomic E-state index is -3.99. The molecule has 0 spiro atoms. The fourth-order valence-corrected chi connectivity index (χ4v) is 5.10. The van der Waals surface area contributed by atoms with E-state index in [4.69, 9.17) is 0 Å². The first-order valence-electron chi connectivity index (χ1n) is 9.61. The normalized spacial score (nSPS) is 11.4. The topological polar surface area (TPSA) is 57.7 Å². The molecule has 5 nitrogen and oxygen atoms in total. The molecule has 0 saturated heterocycles. The van der Waals surface area contributed by atoms with Gasteiger partial charge in [-0.05, 0) is 41.3 Å². The summed E-state index contributed by atoms with van der Waals surface area (Å²) in [5.74, 6) is -0.861. The average molecular weight is 459 g/mol. The van der Waals surface area contributed by atoms with Crippen molar-refractivity contribution in [2.24, 2.45) is 0 Å². The lowest BCUT2D eigenvalue weighted by Gasteiger charge is -2.26. The number of halogens is 1. The molecule has 1 amide bonds. The molecule has 3 aromatic rings. The van der Waals surface area contributed by atoms with E-state index < -0.39 is 15.8 Å². The standard InChI is InChI=1S/C23H23FN2O3S2/c1-2-14-26(31(28,29)22-12-10-20(24)11-13-22)18-23(27)25(17-21-9-6-15-30-21)16-19-7-4-3-5-8-19/h2-13,15H,1,14,16-18H2. The molecular weight excluding hydrogens is 435 g/mol. The van der Waals surface area contributed by atoms with Gasteiger partial charge in [0.25, 0.3) is 0 Å². The van der Waals surface area contributed by atoms with Crippen LogP contribution in [0.5, 0.6) is 0 Å². The molecule has 0 aliphatic carbocycles. The molecule has 0 unspecified atom stereocenters. The molecule has 0 fully saturated rings. The van der Waals surface area contributed by atoms with E-state index in [0.717, 1.165) is 26.9 Å². The maximum absolute atomic E-state index is 13.2. The van der Waals surface area contributed by atoms with Gasteiger partial charge in [-0.3, -0.25) is 4.79 Å². The van der Waals surface area contributed by atoms with Crippen LogP contribution in [0.2, 0.25) is 0 Å². The minimum Gasteiger partial charge on any atom is -0.332 e. The van der Waals surface area contributed by atoms with Gasteiger partial charge in [0.05, 0.1) is 18.0 Å². The predicted octanol–water partition coefficient (Wildman–Crippen LogP) is 4.29. The Labute approximate surface area is 186 Å². The van der Waals surface area contributed by atoms with E-state index in [2.05, 4.69) is 6.58 Å². The molecule has 31 heavy (non-hydrogen) atoms. The first-order valence-corrected chi connectivity index (χ1v) is 11.9. The Bertz CT molecular complexity index is 1100. The number of carbonyl (C=O) groups is 1. The summed E-state index contributed by atoms with van der Waals surface area (Å²) >= 11 is 1.53. The molecule has 0 aliphatic heterocycles. The maximum Gasteiger partial charge on any atom is 0.243 e. The molecule has 1 heterocycles. The molecule has 0 saturated carbocycles. The number of rotatable bonds is 10. The van der Waals surface area contributed by atoms with E-state index in [1.54, 1.807) is 4.90 Å². The smallest absolute Gasteiger partial charge is 0.243 e. The highest BCUT2D eigenvalue weighted by atomic mass is 32.2. The van der Waals surface area contributed by atoms with Crippen LogP contribution in [0.1, 0.15) is 10.4 Å². The summed E-state index contributed by atoms with van der Waals surface area (Å²) in [4.78, 5) is 15.8. The van der Waals surface area contributed by atoms with Crippen molar-refractivity contribution in [1.82, 2.24) is 9.21 Å². The molecule has 3 rings (SSSR count). The molecule has 2 aromatic carbocycles. The molecule has 0 bridgehead atoms. The fraction of sp³-hybridized carbons (Fsp3) is 0.174. The van der Waals surface area contributed by atoms with Gasteiger partial charge in [-0.2, -0.15) is 4.31 Å². The summed E-state index contributed by atoms with van der Waals surface area (Å²) in [6.07, 6.45) is 1.43. The number of benzene rings is 2. The second kappa shape index (κ2) is 10.5. The highest BCUT2D eigenvalue weighted by Crippen LogP contribution is 2.19. The van der Waals surface area contributed by atoms with Crippen molar-refractivity contribution < 1.29 is 17.6 Å². The molecule has 0 atom stereocenters. The van der Waals surface area contributed by atoms with Gasteiger partial charge in [-0.25, -0.2) is 12.8 Å². The second-order valence-corrected chi connectivity index (χ2v) is 9.83. The number of hydrogen-bond acceptors (Lipinski definition) is 4. The first-order chi connectivity index (χ1) is 14.9. The highest BCUT2D eigenvalue weighted by Gasteiger charge is 2.28. The Morgan fingerprint density at radius 1 is 1.00 bits per heavy atom. The summed E-state index contributed by atoms with van der Waals surface area (Å²) in [5, 5.41) is 1.93. The van der Waals surface area contributed by atoms with E-state index in [1.165, 1.54) is 29.5 Å². The molecule has 8 heteroatoms. The zero-order valence-electron chi connectivity index (χ0n) is 16.9. The fourth-order valence-electron chi connectivity index (χ4n) is 3.02. The van der Waals surface area contributed by atoms with Crippen LogP contribution in [0.25, 0.3) is 0 Å². The molecular formula is C23H23FN2O3S2. The molecule has 0 N–H and O–H groups in total. The van der Waals surface area contributed by atoms with Crippen LogP contribution in [-0.4, -0.2) is 36.6 Å². The number of sulfonamides is 1. The molecule has 0 radical (unpaired) electrons. The zero-order chi connectivity index (χ0) is 22.3. The van der Waals surface area contributed by atoms with Crippen LogP contribution in [0.3, 0.4) is 0 Å². The minimum absolute atomic E-state index is 0.0381. The number of amides is 1. The van der Waals surface area contributed by atoms with Gasteiger partial charge in [-0.1, -0.05) is 42.5 Å². The third kappa shape index (κ3) is 6.10. The average Bonchev–Trinajstić information content (AvgIpc) is 3.27. The van der Waals surface area contributed by atoms with Gasteiger partial charge in [0.15, 0.2) is 0 Å². The van der Waals surface area contributed by atoms with Gasteiger partial charge in [0.1, 0.15) is 5.82 Å². The van der Waals surface area contributed by atoms with E-state index in [-0.39, 0.29) is 23.9 Å². The maximum atomic E-state index is 13.2. The molecule has 0 aliphatic rings. The molecule has 162 valence electrons. The second-order valence-electron chi connectivity index (χ2n) is 6.85. The van der Waals surface area contributed by atoms with Crippen LogP contribution in [0.4, 0.5) is 4.39 Å². The van der Waals surface area contributed by atoms with Gasteiger partial charge < -0.3 is 4.90 Å². The predicted molar refractivity (Wildman–Crippen MR) is 120 cm³/mol. The first kappa shape index (κ1) is 22.9. The van der Waals surface area contributed by atoms with Crippen molar-refractivity contribution in [2.45, 2.75) is 18.0 Å². The van der Waals surface area contributed by atoms with Gasteiger partial charge in [0, 0.05) is 18.0 Å². The van der Waals surface area contributed by atoms with Crippen molar-refractivity contribution in [2.75, 3.05) is 13.1 Å². The Balaban J connectivity index is 1.84. The van der Waals surface area contributed by atoms with Crippen molar-refractivity contribution in [1.29, 1.82) is 0 Å². The van der Waals surface area contributed by atoms with Crippen molar-refractivity contribution in [3.05, 3.63) is 101 Å². The van der Waals surface area contributed by atoms with Crippen molar-refractivity contribution in [3.8, 4) is 0 Å². The zero-order valence-corrected chi connectivity index (χ0v) is 18.5. The lowest BCUT2D eigenvalue weighted by molar-refractivity contribution is -0.132. The van der Waals surface area contributed by atoms with Crippen LogP contribution < -0.4 is 0 Å². The quantitative estimate of drug-likeness (QED) is 0.426. The Morgan fingerprint density at radius 3 is 2.32 bits per heavy atom. The summed E-state index contributed by atoms with van der Waals surface area (Å²) in [6, 6.07) is 17.9. The highest BCUT2D eigenvalue weighted by molar-refractivity contribution is 7.89. The van der Waals surface area contributed by atoms with E-state index in [0.29, 0.717) is 13.1 Å². The Morgan fingerprint density at radius 2 is 1.71 bits per heavy atom. The van der Waals surface area contributed by atoms with Crippen LogP contribution in [-0.2, 0) is 27.9 Å². The van der Waals surface area contributed by atoms with Crippen LogP contribution in [0.15, 0.2) is 89.7 Å². The Kier molecular flexibility index (Phi) is 7.73. The third-order valence-corrected chi connectivity index (χ3v) is 7.28. The largest absolute Gasteiger partial charge is 0.332 e. The lowest BCUT2D eigenvalue weighted by Crippen LogP contribution is -2.42. The SMILES string of the molecule is C=CCN(CC(=O)N(Cc1ccccc1)Cc1cccs1)S(=O)(=O)c1ccc(F)cc1. The third-order valence-electron chi connectivity index (χ3n) is 4.59. The van der Waals surface area contributed by atoms with E-state index >= 15 is 0 Å². The van der Waals surface area contributed by atoms with Gasteiger partial charge >= 0.3 is 0 Å². The summed E-state index contributed by atoms with van der Waals surface area (Å²) in [5.41, 5.74) is 0.948. The molecule has 1 aromatic heterocycles. The number of thiophene rings is 1. The van der Waals surface area contributed by atoms with Crippen LogP contribution in [0, 0.1) is 5.82 Å². The monoisotopic (exact) mass is 458 g/mol.